The lowest BCUT2D eigenvalue weighted by atomic mass is 10.1. The molecule has 2 aromatic carbocycles. The minimum Gasteiger partial charge on any atom is -0.490 e. The van der Waals surface area contributed by atoms with Gasteiger partial charge in [-0.05, 0) is 74.7 Å². The highest BCUT2D eigenvalue weighted by molar-refractivity contribution is 6.09. The van der Waals surface area contributed by atoms with E-state index in [1.807, 2.05) is 52.0 Å². The second kappa shape index (κ2) is 9.44. The minimum absolute atomic E-state index is 0.0137. The van der Waals surface area contributed by atoms with E-state index in [0.29, 0.717) is 36.0 Å². The van der Waals surface area contributed by atoms with E-state index in [1.54, 1.807) is 18.2 Å². The molecular formula is C22H24N2O3. The molecule has 27 heavy (non-hydrogen) atoms. The summed E-state index contributed by atoms with van der Waals surface area (Å²) in [4.78, 5) is 12.5. The Morgan fingerprint density at radius 1 is 1.04 bits per heavy atom. The fraction of sp³-hybridized carbons (Fsp3) is 0.273. The summed E-state index contributed by atoms with van der Waals surface area (Å²) in [5.41, 5.74) is 3.57. The van der Waals surface area contributed by atoms with Gasteiger partial charge in [0.05, 0.1) is 13.2 Å². The van der Waals surface area contributed by atoms with Gasteiger partial charge in [-0.25, -0.2) is 0 Å². The maximum Gasteiger partial charge on any atom is 0.266 e. The van der Waals surface area contributed by atoms with Gasteiger partial charge in [-0.1, -0.05) is 12.1 Å². The van der Waals surface area contributed by atoms with Crippen LogP contribution in [0.3, 0.4) is 0 Å². The first kappa shape index (κ1) is 20.1. The molecule has 0 unspecified atom stereocenters. The SMILES string of the molecule is CCOc1ccc(/C=C(\C#N)C(=O)Nc2ccc(C)c(C)c2)cc1OCC. The molecule has 1 N–H and O–H groups in total. The molecule has 5 nitrogen and oxygen atoms in total. The van der Waals surface area contributed by atoms with E-state index < -0.39 is 5.91 Å². The van der Waals surface area contributed by atoms with Gasteiger partial charge < -0.3 is 14.8 Å². The van der Waals surface area contributed by atoms with Crippen LogP contribution in [0.4, 0.5) is 5.69 Å². The van der Waals surface area contributed by atoms with Gasteiger partial charge in [0.15, 0.2) is 11.5 Å². The minimum atomic E-state index is -0.451. The van der Waals surface area contributed by atoms with Crippen LogP contribution in [-0.4, -0.2) is 19.1 Å². The van der Waals surface area contributed by atoms with Crippen LogP contribution < -0.4 is 14.8 Å². The summed E-state index contributed by atoms with van der Waals surface area (Å²) in [5.74, 6) is 0.766. The molecule has 0 atom stereocenters. The topological polar surface area (TPSA) is 71.3 Å². The monoisotopic (exact) mass is 364 g/mol. The lowest BCUT2D eigenvalue weighted by Gasteiger charge is -2.11. The van der Waals surface area contributed by atoms with Crippen LogP contribution in [0, 0.1) is 25.2 Å². The summed E-state index contributed by atoms with van der Waals surface area (Å²) in [6.07, 6.45) is 1.54. The van der Waals surface area contributed by atoms with E-state index in [9.17, 15) is 10.1 Å². The normalized spacial score (nSPS) is 10.9. The number of carbonyl (C=O) groups is 1. The van der Waals surface area contributed by atoms with Crippen molar-refractivity contribution in [3.05, 3.63) is 58.7 Å². The number of nitrogens with one attached hydrogen (secondary N) is 1. The molecule has 2 rings (SSSR count). The van der Waals surface area contributed by atoms with Crippen molar-refractivity contribution in [1.29, 1.82) is 5.26 Å². The fourth-order valence-corrected chi connectivity index (χ4v) is 2.49. The van der Waals surface area contributed by atoms with Gasteiger partial charge in [0, 0.05) is 5.69 Å². The number of nitrogens with zero attached hydrogens (tertiary/aromatic N) is 1. The van der Waals surface area contributed by atoms with Crippen molar-refractivity contribution in [1.82, 2.24) is 0 Å². The van der Waals surface area contributed by atoms with Gasteiger partial charge in [-0.2, -0.15) is 5.26 Å². The Labute approximate surface area is 160 Å². The summed E-state index contributed by atoms with van der Waals surface area (Å²) >= 11 is 0. The number of rotatable bonds is 7. The molecule has 0 saturated heterocycles. The molecule has 0 saturated carbocycles. The largest absolute Gasteiger partial charge is 0.490 e. The Morgan fingerprint density at radius 3 is 2.37 bits per heavy atom. The first-order valence-electron chi connectivity index (χ1n) is 8.88. The molecule has 140 valence electrons. The molecule has 0 fully saturated rings. The Morgan fingerprint density at radius 2 is 1.74 bits per heavy atom. The molecule has 5 heteroatoms. The zero-order valence-electron chi connectivity index (χ0n) is 16.1. The van der Waals surface area contributed by atoms with E-state index in [1.165, 1.54) is 6.08 Å². The number of anilines is 1. The summed E-state index contributed by atoms with van der Waals surface area (Å²) in [7, 11) is 0. The maximum absolute atomic E-state index is 12.5. The van der Waals surface area contributed by atoms with Crippen LogP contribution in [-0.2, 0) is 4.79 Å². The molecule has 0 heterocycles. The third-order valence-electron chi connectivity index (χ3n) is 4.01. The molecule has 0 aromatic heterocycles. The Balaban J connectivity index is 2.26. The molecular weight excluding hydrogens is 340 g/mol. The number of nitriles is 1. The smallest absolute Gasteiger partial charge is 0.266 e. The second-order valence-corrected chi connectivity index (χ2v) is 6.00. The maximum atomic E-state index is 12.5. The Bertz CT molecular complexity index is 895. The van der Waals surface area contributed by atoms with Gasteiger partial charge in [0.2, 0.25) is 0 Å². The zero-order valence-corrected chi connectivity index (χ0v) is 16.1. The molecule has 0 bridgehead atoms. The lowest BCUT2D eigenvalue weighted by molar-refractivity contribution is -0.112. The number of benzene rings is 2. The van der Waals surface area contributed by atoms with Crippen molar-refractivity contribution in [2.45, 2.75) is 27.7 Å². The molecule has 0 aliphatic carbocycles. The molecule has 0 aliphatic rings. The van der Waals surface area contributed by atoms with Gasteiger partial charge >= 0.3 is 0 Å². The highest BCUT2D eigenvalue weighted by Crippen LogP contribution is 2.29. The Hall–Kier alpha value is -3.26. The fourth-order valence-electron chi connectivity index (χ4n) is 2.49. The number of carbonyl (C=O) groups excluding carboxylic acids is 1. The van der Waals surface area contributed by atoms with Crippen LogP contribution >= 0.6 is 0 Å². The number of ether oxygens (including phenoxy) is 2. The highest BCUT2D eigenvalue weighted by Gasteiger charge is 2.11. The summed E-state index contributed by atoms with van der Waals surface area (Å²) in [6.45, 7) is 8.78. The van der Waals surface area contributed by atoms with Crippen molar-refractivity contribution in [3.8, 4) is 17.6 Å². The number of amides is 1. The first-order chi connectivity index (χ1) is 13.0. The van der Waals surface area contributed by atoms with E-state index in [4.69, 9.17) is 9.47 Å². The van der Waals surface area contributed by atoms with Gasteiger partial charge in [0.1, 0.15) is 11.6 Å². The zero-order chi connectivity index (χ0) is 19.8. The molecule has 1 amide bonds. The van der Waals surface area contributed by atoms with E-state index in [0.717, 1.165) is 11.1 Å². The number of aryl methyl sites for hydroxylation is 2. The number of hydrogen-bond acceptors (Lipinski definition) is 4. The quantitative estimate of drug-likeness (QED) is 0.573. The molecule has 0 radical (unpaired) electrons. The van der Waals surface area contributed by atoms with Crippen LogP contribution in [0.2, 0.25) is 0 Å². The van der Waals surface area contributed by atoms with Crippen LogP contribution in [0.25, 0.3) is 6.08 Å². The van der Waals surface area contributed by atoms with Crippen molar-refractivity contribution < 1.29 is 14.3 Å². The standard InChI is InChI=1S/C22H24N2O3/c1-5-26-20-10-8-17(13-21(20)27-6-2)12-18(14-23)22(25)24-19-9-7-15(3)16(4)11-19/h7-13H,5-6H2,1-4H3,(H,24,25)/b18-12+. The van der Waals surface area contributed by atoms with Crippen LogP contribution in [0.5, 0.6) is 11.5 Å². The predicted octanol–water partition coefficient (Wildman–Crippen LogP) is 4.65. The van der Waals surface area contributed by atoms with Crippen LogP contribution in [0.1, 0.15) is 30.5 Å². The first-order valence-corrected chi connectivity index (χ1v) is 8.88. The average Bonchev–Trinajstić information content (AvgIpc) is 2.65. The molecule has 0 aliphatic heterocycles. The van der Waals surface area contributed by atoms with Crippen molar-refractivity contribution >= 4 is 17.7 Å². The van der Waals surface area contributed by atoms with E-state index in [-0.39, 0.29) is 5.57 Å². The Kier molecular flexibility index (Phi) is 7.01. The summed E-state index contributed by atoms with van der Waals surface area (Å²) < 4.78 is 11.1. The summed E-state index contributed by atoms with van der Waals surface area (Å²) in [6, 6.07) is 12.9. The van der Waals surface area contributed by atoms with Crippen molar-refractivity contribution in [2.24, 2.45) is 0 Å². The predicted molar refractivity (Wildman–Crippen MR) is 107 cm³/mol. The lowest BCUT2D eigenvalue weighted by Crippen LogP contribution is -2.13. The van der Waals surface area contributed by atoms with Gasteiger partial charge in [-0.3, -0.25) is 4.79 Å². The van der Waals surface area contributed by atoms with Gasteiger partial charge in [-0.15, -0.1) is 0 Å². The van der Waals surface area contributed by atoms with E-state index in [2.05, 4.69) is 5.32 Å². The average molecular weight is 364 g/mol. The molecule has 2 aromatic rings. The number of hydrogen-bond donors (Lipinski definition) is 1. The van der Waals surface area contributed by atoms with Gasteiger partial charge in [0.25, 0.3) is 5.91 Å². The van der Waals surface area contributed by atoms with Crippen molar-refractivity contribution in [2.75, 3.05) is 18.5 Å². The third-order valence-corrected chi connectivity index (χ3v) is 4.01. The van der Waals surface area contributed by atoms with Crippen LogP contribution in [0.15, 0.2) is 42.0 Å². The summed E-state index contributed by atoms with van der Waals surface area (Å²) in [5, 5.41) is 12.2. The van der Waals surface area contributed by atoms with Crippen molar-refractivity contribution in [3.63, 3.8) is 0 Å². The highest BCUT2D eigenvalue weighted by atomic mass is 16.5. The second-order valence-electron chi connectivity index (χ2n) is 6.00. The third kappa shape index (κ3) is 5.35. The molecule has 0 spiro atoms. The van der Waals surface area contributed by atoms with E-state index >= 15 is 0 Å².